The minimum Gasteiger partial charge on any atom is -0.494 e. The second kappa shape index (κ2) is 7.80. The van der Waals surface area contributed by atoms with Crippen molar-refractivity contribution >= 4 is 21.4 Å². The number of benzene rings is 2. The van der Waals surface area contributed by atoms with Crippen molar-refractivity contribution in [3.63, 3.8) is 0 Å². The molecule has 25 heavy (non-hydrogen) atoms. The summed E-state index contributed by atoms with van der Waals surface area (Å²) >= 11 is 0. The number of nitro groups is 1. The fraction of sp³-hybridized carbons (Fsp3) is 0.176. The van der Waals surface area contributed by atoms with Crippen LogP contribution in [-0.2, 0) is 10.0 Å². The van der Waals surface area contributed by atoms with Gasteiger partial charge in [-0.05, 0) is 37.3 Å². The summed E-state index contributed by atoms with van der Waals surface area (Å²) in [5.41, 5.74) is 0.0106. The number of nitro benzene ring substituents is 1. The van der Waals surface area contributed by atoms with Crippen molar-refractivity contribution in [2.45, 2.75) is 11.8 Å². The number of rotatable bonds is 8. The highest BCUT2D eigenvalue weighted by atomic mass is 32.2. The molecule has 0 bridgehead atoms. The van der Waals surface area contributed by atoms with Crippen LogP contribution in [0.2, 0.25) is 0 Å². The Morgan fingerprint density at radius 2 is 1.92 bits per heavy atom. The number of nitrogens with zero attached hydrogens (tertiary/aromatic N) is 2. The van der Waals surface area contributed by atoms with E-state index in [-0.39, 0.29) is 22.8 Å². The second-order valence-corrected chi connectivity index (χ2v) is 6.87. The Hall–Kier alpha value is -2.87. The van der Waals surface area contributed by atoms with Crippen LogP contribution in [0.15, 0.2) is 66.1 Å². The average molecular weight is 362 g/mol. The van der Waals surface area contributed by atoms with Gasteiger partial charge in [-0.2, -0.15) is 0 Å². The largest absolute Gasteiger partial charge is 0.494 e. The molecule has 0 aliphatic rings. The second-order valence-electron chi connectivity index (χ2n) is 5.01. The zero-order valence-electron chi connectivity index (χ0n) is 13.7. The lowest BCUT2D eigenvalue weighted by molar-refractivity contribution is -0.384. The lowest BCUT2D eigenvalue weighted by Crippen LogP contribution is -2.31. The van der Waals surface area contributed by atoms with Gasteiger partial charge in [0.05, 0.1) is 28.7 Å². The molecule has 0 saturated heterocycles. The summed E-state index contributed by atoms with van der Waals surface area (Å²) in [6, 6.07) is 11.5. The normalized spacial score (nSPS) is 10.9. The van der Waals surface area contributed by atoms with E-state index in [0.29, 0.717) is 12.4 Å². The predicted octanol–water partition coefficient (Wildman–Crippen LogP) is 3.37. The van der Waals surface area contributed by atoms with Crippen LogP contribution in [0.25, 0.3) is 0 Å². The van der Waals surface area contributed by atoms with E-state index in [9.17, 15) is 18.5 Å². The predicted molar refractivity (Wildman–Crippen MR) is 95.4 cm³/mol. The summed E-state index contributed by atoms with van der Waals surface area (Å²) in [6.07, 6.45) is 1.42. The van der Waals surface area contributed by atoms with E-state index < -0.39 is 14.9 Å². The highest BCUT2D eigenvalue weighted by Crippen LogP contribution is 2.27. The Morgan fingerprint density at radius 1 is 1.24 bits per heavy atom. The fourth-order valence-corrected chi connectivity index (χ4v) is 3.65. The summed E-state index contributed by atoms with van der Waals surface area (Å²) in [6.45, 7) is 5.86. The van der Waals surface area contributed by atoms with Crippen LogP contribution in [-0.4, -0.2) is 26.5 Å². The van der Waals surface area contributed by atoms with Gasteiger partial charge in [-0.25, -0.2) is 8.42 Å². The van der Waals surface area contributed by atoms with Gasteiger partial charge in [0.25, 0.3) is 15.7 Å². The SMILES string of the molecule is C=CCN(c1cccc([N+](=O)[O-])c1)S(=O)(=O)c1ccc(OCC)cc1. The van der Waals surface area contributed by atoms with Gasteiger partial charge in [-0.3, -0.25) is 14.4 Å². The molecule has 0 aromatic heterocycles. The van der Waals surface area contributed by atoms with Crippen molar-refractivity contribution in [1.82, 2.24) is 0 Å². The first-order valence-corrected chi connectivity index (χ1v) is 8.95. The van der Waals surface area contributed by atoms with Gasteiger partial charge in [-0.15, -0.1) is 6.58 Å². The quantitative estimate of drug-likeness (QED) is 0.408. The fourth-order valence-electron chi connectivity index (χ4n) is 2.22. The highest BCUT2D eigenvalue weighted by molar-refractivity contribution is 7.92. The van der Waals surface area contributed by atoms with Crippen molar-refractivity contribution in [1.29, 1.82) is 0 Å². The molecule has 132 valence electrons. The van der Waals surface area contributed by atoms with Gasteiger partial charge in [0.2, 0.25) is 0 Å². The molecule has 2 aromatic carbocycles. The van der Waals surface area contributed by atoms with Crippen LogP contribution in [0.1, 0.15) is 6.92 Å². The number of anilines is 1. The van der Waals surface area contributed by atoms with E-state index in [1.165, 1.54) is 42.5 Å². The van der Waals surface area contributed by atoms with Gasteiger partial charge in [0, 0.05) is 12.1 Å². The van der Waals surface area contributed by atoms with Crippen molar-refractivity contribution in [3.8, 4) is 5.75 Å². The van der Waals surface area contributed by atoms with E-state index in [0.717, 1.165) is 4.31 Å². The summed E-state index contributed by atoms with van der Waals surface area (Å²) in [7, 11) is -3.91. The van der Waals surface area contributed by atoms with E-state index >= 15 is 0 Å². The van der Waals surface area contributed by atoms with Gasteiger partial charge in [0.1, 0.15) is 5.75 Å². The molecule has 2 rings (SSSR count). The number of hydrogen-bond donors (Lipinski definition) is 0. The molecule has 0 atom stereocenters. The van der Waals surface area contributed by atoms with Crippen LogP contribution < -0.4 is 9.04 Å². The van der Waals surface area contributed by atoms with Crippen molar-refractivity contribution in [2.75, 3.05) is 17.5 Å². The van der Waals surface area contributed by atoms with Crippen molar-refractivity contribution < 1.29 is 18.1 Å². The molecule has 2 aromatic rings. The van der Waals surface area contributed by atoms with Gasteiger partial charge < -0.3 is 4.74 Å². The third kappa shape index (κ3) is 4.16. The summed E-state index contributed by atoms with van der Waals surface area (Å²) < 4.78 is 32.3. The molecule has 0 radical (unpaired) electrons. The van der Waals surface area contributed by atoms with Crippen molar-refractivity contribution in [3.05, 3.63) is 71.3 Å². The third-order valence-electron chi connectivity index (χ3n) is 3.35. The molecule has 7 nitrogen and oxygen atoms in total. The molecular weight excluding hydrogens is 344 g/mol. The molecule has 0 aliphatic carbocycles. The third-order valence-corrected chi connectivity index (χ3v) is 5.15. The van der Waals surface area contributed by atoms with Crippen molar-refractivity contribution in [2.24, 2.45) is 0 Å². The maximum Gasteiger partial charge on any atom is 0.271 e. The Labute approximate surface area is 146 Å². The van der Waals surface area contributed by atoms with Crippen LogP contribution >= 0.6 is 0 Å². The minimum absolute atomic E-state index is 0.0172. The Kier molecular flexibility index (Phi) is 5.76. The topological polar surface area (TPSA) is 89.8 Å². The molecule has 0 aliphatic heterocycles. The highest BCUT2D eigenvalue weighted by Gasteiger charge is 2.25. The van der Waals surface area contributed by atoms with Gasteiger partial charge >= 0.3 is 0 Å². The standard InChI is InChI=1S/C17H18N2O5S/c1-3-12-18(14-6-5-7-15(13-14)19(20)21)25(22,23)17-10-8-16(9-11-17)24-4-2/h3,5-11,13H,1,4,12H2,2H3. The minimum atomic E-state index is -3.91. The summed E-state index contributed by atoms with van der Waals surface area (Å²) in [4.78, 5) is 10.4. The molecule has 0 heterocycles. The Bertz CT molecular complexity index is 863. The maximum absolute atomic E-state index is 12.9. The van der Waals surface area contributed by atoms with E-state index in [4.69, 9.17) is 4.74 Å². The van der Waals surface area contributed by atoms with E-state index in [1.807, 2.05) is 6.92 Å². The summed E-state index contributed by atoms with van der Waals surface area (Å²) in [5.74, 6) is 0.562. The number of hydrogen-bond acceptors (Lipinski definition) is 5. The lowest BCUT2D eigenvalue weighted by atomic mass is 10.3. The Morgan fingerprint density at radius 3 is 2.48 bits per heavy atom. The first kappa shape index (κ1) is 18.5. The van der Waals surface area contributed by atoms with Crippen LogP contribution in [0.5, 0.6) is 5.75 Å². The zero-order chi connectivity index (χ0) is 18.4. The monoisotopic (exact) mass is 362 g/mol. The number of sulfonamides is 1. The molecule has 0 N–H and O–H groups in total. The number of non-ortho nitro benzene ring substituents is 1. The van der Waals surface area contributed by atoms with Gasteiger partial charge in [-0.1, -0.05) is 12.1 Å². The van der Waals surface area contributed by atoms with Crippen LogP contribution in [0.3, 0.4) is 0 Å². The van der Waals surface area contributed by atoms with E-state index in [1.54, 1.807) is 12.1 Å². The molecule has 0 saturated carbocycles. The molecule has 0 fully saturated rings. The first-order chi connectivity index (χ1) is 11.9. The molecule has 8 heteroatoms. The summed E-state index contributed by atoms with van der Waals surface area (Å²) in [5, 5.41) is 11.0. The Balaban J connectivity index is 2.45. The zero-order valence-corrected chi connectivity index (χ0v) is 14.5. The van der Waals surface area contributed by atoms with E-state index in [2.05, 4.69) is 6.58 Å². The number of ether oxygens (including phenoxy) is 1. The average Bonchev–Trinajstić information content (AvgIpc) is 2.60. The maximum atomic E-state index is 12.9. The van der Waals surface area contributed by atoms with Crippen LogP contribution in [0.4, 0.5) is 11.4 Å². The smallest absolute Gasteiger partial charge is 0.271 e. The molecule has 0 amide bonds. The first-order valence-electron chi connectivity index (χ1n) is 7.51. The molecule has 0 spiro atoms. The lowest BCUT2D eigenvalue weighted by Gasteiger charge is -2.23. The van der Waals surface area contributed by atoms with Crippen LogP contribution in [0, 0.1) is 10.1 Å². The molecule has 0 unspecified atom stereocenters. The van der Waals surface area contributed by atoms with Gasteiger partial charge in [0.15, 0.2) is 0 Å². The molecular formula is C17H18N2O5S.